The van der Waals surface area contributed by atoms with Gasteiger partial charge in [0.2, 0.25) is 5.88 Å². The van der Waals surface area contributed by atoms with Crippen LogP contribution in [0.4, 0.5) is 5.88 Å². The molecular formula is C34H48N2O6SSi. The molecule has 4 rings (SSSR count). The number of allylic oxidation sites excluding steroid dienone is 1. The van der Waals surface area contributed by atoms with E-state index in [0.717, 1.165) is 5.57 Å². The van der Waals surface area contributed by atoms with Crippen molar-refractivity contribution in [2.75, 3.05) is 11.9 Å². The molecule has 3 aromatic rings. The molecule has 1 aromatic heterocycles. The van der Waals surface area contributed by atoms with Crippen LogP contribution in [0.15, 0.2) is 82.2 Å². The second kappa shape index (κ2) is 12.9. The van der Waals surface area contributed by atoms with Crippen LogP contribution in [-0.4, -0.2) is 51.1 Å². The van der Waals surface area contributed by atoms with Gasteiger partial charge in [-0.2, -0.15) is 10.6 Å². The van der Waals surface area contributed by atoms with Gasteiger partial charge in [0.1, 0.15) is 4.75 Å². The molecular weight excluding hydrogens is 593 g/mol. The fourth-order valence-electron chi connectivity index (χ4n) is 5.65. The first-order valence-electron chi connectivity index (χ1n) is 15.2. The molecule has 0 bridgehead atoms. The molecule has 0 saturated heterocycles. The molecule has 0 atom stereocenters. The summed E-state index contributed by atoms with van der Waals surface area (Å²) in [7, 11) is -6.22. The standard InChI is InChI=1S/C34H48N2O6SSi/c1-32(2,3)44(27-14-10-8-11-15-27,28-16-12-9-13-17-28)41-24-33(4,5)29-22-30(42-36-29)35-31(38)34(6,7)43(39,40)23-25-18-20-26(37)21-19-25/h8-17,22-23,26,37,39-40H,18-21,24H2,1-7H3,(H,35,38). The fourth-order valence-corrected chi connectivity index (χ4v) is 11.7. The van der Waals surface area contributed by atoms with E-state index in [1.54, 1.807) is 6.07 Å². The Morgan fingerprint density at radius 2 is 1.50 bits per heavy atom. The molecule has 1 heterocycles. The molecule has 1 fully saturated rings. The minimum atomic E-state index is -3.44. The number of aromatic nitrogens is 1. The number of hydrogen-bond acceptors (Lipinski definition) is 7. The lowest BCUT2D eigenvalue weighted by atomic mass is 9.91. The SMILES string of the molecule is CC(C)(CO[Si](c1ccccc1)(c1ccccc1)C(C)(C)C)c1cc(NC(=O)C(C)(C)S(O)(O)C=C2CCC(O)CC2)on1. The first-order chi connectivity index (χ1) is 20.5. The molecule has 0 unspecified atom stereocenters. The second-order valence-electron chi connectivity index (χ2n) is 14.0. The second-order valence-corrected chi connectivity index (χ2v) is 20.7. The summed E-state index contributed by atoms with van der Waals surface area (Å²) in [5.41, 5.74) is 0.882. The summed E-state index contributed by atoms with van der Waals surface area (Å²) in [5, 5.41) is 20.4. The van der Waals surface area contributed by atoms with Gasteiger partial charge in [-0.15, -0.1) is 0 Å². The zero-order chi connectivity index (χ0) is 32.4. The minimum Gasteiger partial charge on any atom is -0.406 e. The summed E-state index contributed by atoms with van der Waals surface area (Å²) in [6.45, 7) is 14.1. The van der Waals surface area contributed by atoms with E-state index in [4.69, 9.17) is 8.95 Å². The van der Waals surface area contributed by atoms with Gasteiger partial charge in [0.25, 0.3) is 14.2 Å². The van der Waals surface area contributed by atoms with E-state index in [1.807, 2.05) is 26.0 Å². The van der Waals surface area contributed by atoms with Gasteiger partial charge in [-0.05, 0) is 54.9 Å². The highest BCUT2D eigenvalue weighted by atomic mass is 32.3. The van der Waals surface area contributed by atoms with Crippen molar-refractivity contribution < 1.29 is 28.0 Å². The Hall–Kier alpha value is -2.73. The van der Waals surface area contributed by atoms with E-state index in [2.05, 4.69) is 79.8 Å². The van der Waals surface area contributed by atoms with Crippen LogP contribution in [0.3, 0.4) is 0 Å². The zero-order valence-corrected chi connectivity index (χ0v) is 28.8. The average molecular weight is 641 g/mol. The van der Waals surface area contributed by atoms with Crippen molar-refractivity contribution in [3.63, 3.8) is 0 Å². The molecule has 240 valence electrons. The number of amides is 1. The molecule has 2 aromatic carbocycles. The van der Waals surface area contributed by atoms with Gasteiger partial charge in [0, 0.05) is 23.5 Å². The van der Waals surface area contributed by atoms with Crippen LogP contribution in [0, 0.1) is 0 Å². The van der Waals surface area contributed by atoms with Crippen molar-refractivity contribution in [1.82, 2.24) is 5.16 Å². The van der Waals surface area contributed by atoms with E-state index < -0.39 is 35.0 Å². The monoisotopic (exact) mass is 640 g/mol. The number of carbonyl (C=O) groups is 1. The normalized spacial score (nSPS) is 17.3. The molecule has 1 aliphatic carbocycles. The molecule has 0 radical (unpaired) electrons. The van der Waals surface area contributed by atoms with Crippen LogP contribution in [0.2, 0.25) is 5.04 Å². The van der Waals surface area contributed by atoms with Crippen molar-refractivity contribution in [2.45, 2.75) is 95.5 Å². The number of rotatable bonds is 10. The Morgan fingerprint density at radius 3 is 2.00 bits per heavy atom. The summed E-state index contributed by atoms with van der Waals surface area (Å²) in [5.74, 6) is -0.463. The first kappa shape index (κ1) is 34.1. The van der Waals surface area contributed by atoms with Gasteiger partial charge in [-0.1, -0.05) is 106 Å². The largest absolute Gasteiger partial charge is 0.406 e. The third kappa shape index (κ3) is 7.06. The van der Waals surface area contributed by atoms with Gasteiger partial charge in [0.15, 0.2) is 0 Å². The summed E-state index contributed by atoms with van der Waals surface area (Å²) in [4.78, 5) is 13.3. The van der Waals surface area contributed by atoms with E-state index in [9.17, 15) is 19.0 Å². The van der Waals surface area contributed by atoms with Crippen molar-refractivity contribution in [1.29, 1.82) is 0 Å². The van der Waals surface area contributed by atoms with Crippen LogP contribution in [0.5, 0.6) is 0 Å². The molecule has 10 heteroatoms. The molecule has 1 saturated carbocycles. The smallest absolute Gasteiger partial charge is 0.261 e. The van der Waals surface area contributed by atoms with Crippen molar-refractivity contribution in [3.05, 3.63) is 83.4 Å². The number of hydrogen-bond donors (Lipinski definition) is 4. The lowest BCUT2D eigenvalue weighted by Crippen LogP contribution is -2.67. The molecule has 44 heavy (non-hydrogen) atoms. The molecule has 8 nitrogen and oxygen atoms in total. The summed E-state index contributed by atoms with van der Waals surface area (Å²) in [6.07, 6.45) is 1.93. The number of aliphatic hydroxyl groups is 1. The first-order valence-corrected chi connectivity index (χ1v) is 18.7. The van der Waals surface area contributed by atoms with E-state index in [1.165, 1.54) is 29.6 Å². The van der Waals surface area contributed by atoms with Crippen LogP contribution < -0.4 is 15.7 Å². The Bertz CT molecular complexity index is 1400. The maximum atomic E-state index is 13.3. The average Bonchev–Trinajstić information content (AvgIpc) is 3.44. The maximum absolute atomic E-state index is 13.3. The Balaban J connectivity index is 1.54. The zero-order valence-electron chi connectivity index (χ0n) is 27.0. The van der Waals surface area contributed by atoms with E-state index in [-0.39, 0.29) is 17.0 Å². The lowest BCUT2D eigenvalue weighted by Gasteiger charge is -2.44. The third-order valence-electron chi connectivity index (χ3n) is 8.73. The van der Waals surface area contributed by atoms with Crippen LogP contribution in [-0.2, 0) is 14.6 Å². The molecule has 1 amide bonds. The lowest BCUT2D eigenvalue weighted by molar-refractivity contribution is -0.118. The van der Waals surface area contributed by atoms with Crippen LogP contribution in [0.25, 0.3) is 0 Å². The van der Waals surface area contributed by atoms with Crippen LogP contribution >= 0.6 is 10.6 Å². The van der Waals surface area contributed by atoms with Gasteiger partial charge >= 0.3 is 0 Å². The fraction of sp³-hybridized carbons (Fsp3) is 0.471. The summed E-state index contributed by atoms with van der Waals surface area (Å²) < 4.78 is 33.2. The van der Waals surface area contributed by atoms with Gasteiger partial charge in [-0.25, -0.2) is 0 Å². The molecule has 1 aliphatic rings. The summed E-state index contributed by atoms with van der Waals surface area (Å²) in [6, 6.07) is 22.5. The molecule has 0 spiro atoms. The third-order valence-corrected chi connectivity index (χ3v) is 16.1. The highest BCUT2D eigenvalue weighted by Crippen LogP contribution is 2.55. The Kier molecular flexibility index (Phi) is 10.0. The van der Waals surface area contributed by atoms with Crippen molar-refractivity contribution >= 4 is 41.1 Å². The quantitative estimate of drug-likeness (QED) is 0.179. The van der Waals surface area contributed by atoms with Gasteiger partial charge in [-0.3, -0.25) is 19.2 Å². The van der Waals surface area contributed by atoms with Crippen molar-refractivity contribution in [3.8, 4) is 0 Å². The number of benzene rings is 2. The summed E-state index contributed by atoms with van der Waals surface area (Å²) >= 11 is 0. The number of carbonyl (C=O) groups excluding carboxylic acids is 1. The number of nitrogens with one attached hydrogen (secondary N) is 1. The highest BCUT2D eigenvalue weighted by Gasteiger charge is 2.51. The predicted molar refractivity (Wildman–Crippen MR) is 181 cm³/mol. The predicted octanol–water partition coefficient (Wildman–Crippen LogP) is 6.82. The van der Waals surface area contributed by atoms with Crippen LogP contribution in [0.1, 0.15) is 79.8 Å². The van der Waals surface area contributed by atoms with Gasteiger partial charge < -0.3 is 14.1 Å². The van der Waals surface area contributed by atoms with Gasteiger partial charge in [0.05, 0.1) is 11.8 Å². The number of nitrogens with zero attached hydrogens (tertiary/aromatic N) is 1. The number of aliphatic hydroxyl groups excluding tert-OH is 1. The maximum Gasteiger partial charge on any atom is 0.261 e. The topological polar surface area (TPSA) is 125 Å². The highest BCUT2D eigenvalue weighted by molar-refractivity contribution is 8.28. The Morgan fingerprint density at radius 1 is 0.977 bits per heavy atom. The molecule has 0 aliphatic heterocycles. The minimum absolute atomic E-state index is 0.125. The van der Waals surface area contributed by atoms with E-state index >= 15 is 0 Å². The van der Waals surface area contributed by atoms with Crippen molar-refractivity contribution in [2.24, 2.45) is 0 Å². The van der Waals surface area contributed by atoms with E-state index in [0.29, 0.717) is 38.0 Å². The Labute approximate surface area is 264 Å². The number of anilines is 1. The molecule has 4 N–H and O–H groups in total.